The van der Waals surface area contributed by atoms with Gasteiger partial charge in [-0.05, 0) is 6.42 Å². The maximum atomic E-state index is 10.9. The van der Waals surface area contributed by atoms with Crippen molar-refractivity contribution in [3.8, 4) is 0 Å². The van der Waals surface area contributed by atoms with Gasteiger partial charge in [-0.25, -0.2) is 0 Å². The smallest absolute Gasteiger partial charge is 0.240 e. The molecule has 0 bridgehead atoms. The number of carbonyl (C=O) groups is 2. The van der Waals surface area contributed by atoms with Gasteiger partial charge in [-0.3, -0.25) is 19.8 Å². The Balaban J connectivity index is 2.25. The minimum atomic E-state index is -0.214. The van der Waals surface area contributed by atoms with Crippen molar-refractivity contribution >= 4 is 11.8 Å². The second kappa shape index (κ2) is 4.94. The van der Waals surface area contributed by atoms with Gasteiger partial charge in [0.05, 0.1) is 13.1 Å². The highest BCUT2D eigenvalue weighted by Gasteiger charge is 2.21. The van der Waals surface area contributed by atoms with Gasteiger partial charge in [-0.1, -0.05) is 0 Å². The zero-order chi connectivity index (χ0) is 9.68. The summed E-state index contributed by atoms with van der Waals surface area (Å²) in [6.45, 7) is 2.02. The normalized spacial score (nSPS) is 18.8. The second-order valence-corrected chi connectivity index (χ2v) is 3.03. The molecule has 1 N–H and O–H groups in total. The van der Waals surface area contributed by atoms with E-state index >= 15 is 0 Å². The van der Waals surface area contributed by atoms with Crippen LogP contribution in [-0.4, -0.2) is 50.1 Å². The second-order valence-electron chi connectivity index (χ2n) is 3.03. The van der Waals surface area contributed by atoms with Crippen molar-refractivity contribution in [3.05, 3.63) is 0 Å². The summed E-state index contributed by atoms with van der Waals surface area (Å²) in [4.78, 5) is 23.6. The Bertz CT molecular complexity index is 190. The number of methoxy groups -OCH3 is 1. The molecule has 0 saturated carbocycles. The van der Waals surface area contributed by atoms with Gasteiger partial charge in [0, 0.05) is 20.3 Å². The molecule has 13 heavy (non-hydrogen) atoms. The van der Waals surface area contributed by atoms with E-state index in [0.717, 1.165) is 13.0 Å². The third kappa shape index (κ3) is 3.52. The molecular weight excluding hydrogens is 172 g/mol. The van der Waals surface area contributed by atoms with Crippen molar-refractivity contribution in [2.24, 2.45) is 0 Å². The summed E-state index contributed by atoms with van der Waals surface area (Å²) in [5.41, 5.74) is 0. The van der Waals surface area contributed by atoms with Crippen LogP contribution in [0.2, 0.25) is 0 Å². The Labute approximate surface area is 77.0 Å². The van der Waals surface area contributed by atoms with Crippen molar-refractivity contribution in [1.29, 1.82) is 0 Å². The summed E-state index contributed by atoms with van der Waals surface area (Å²) in [7, 11) is 1.63. The molecule has 5 heteroatoms. The molecule has 1 fully saturated rings. The summed E-state index contributed by atoms with van der Waals surface area (Å²) in [6, 6.07) is 0. The molecule has 5 nitrogen and oxygen atoms in total. The predicted molar refractivity (Wildman–Crippen MR) is 46.1 cm³/mol. The van der Waals surface area contributed by atoms with E-state index in [9.17, 15) is 9.59 Å². The number of amides is 2. The summed E-state index contributed by atoms with van der Waals surface area (Å²) >= 11 is 0. The van der Waals surface area contributed by atoms with E-state index in [1.807, 2.05) is 4.90 Å². The van der Waals surface area contributed by atoms with Crippen molar-refractivity contribution in [1.82, 2.24) is 10.2 Å². The molecule has 74 valence electrons. The molecule has 1 saturated heterocycles. The zero-order valence-corrected chi connectivity index (χ0v) is 7.71. The van der Waals surface area contributed by atoms with Crippen LogP contribution >= 0.6 is 0 Å². The van der Waals surface area contributed by atoms with Crippen LogP contribution in [0.5, 0.6) is 0 Å². The highest BCUT2D eigenvalue weighted by atomic mass is 16.5. The number of piperazine rings is 1. The van der Waals surface area contributed by atoms with Crippen molar-refractivity contribution in [2.75, 3.05) is 33.4 Å². The minimum absolute atomic E-state index is 0.214. The standard InChI is InChI=1S/C8H14N2O3/c1-13-4-2-3-10-5-7(11)9-8(12)6-10/h2-6H2,1H3,(H,9,11,12). The highest BCUT2D eigenvalue weighted by Crippen LogP contribution is 1.96. The number of imide groups is 1. The number of carbonyl (C=O) groups excluding carboxylic acids is 2. The molecule has 1 aliphatic heterocycles. The number of rotatable bonds is 4. The number of nitrogens with zero attached hydrogens (tertiary/aromatic N) is 1. The molecule has 0 aromatic carbocycles. The molecule has 0 aromatic rings. The van der Waals surface area contributed by atoms with Crippen molar-refractivity contribution in [2.45, 2.75) is 6.42 Å². The Morgan fingerprint density at radius 2 is 2.00 bits per heavy atom. The van der Waals surface area contributed by atoms with E-state index in [0.29, 0.717) is 19.7 Å². The van der Waals surface area contributed by atoms with Crippen molar-refractivity contribution in [3.63, 3.8) is 0 Å². The van der Waals surface area contributed by atoms with E-state index in [2.05, 4.69) is 5.32 Å². The molecule has 1 heterocycles. The molecule has 0 aromatic heterocycles. The van der Waals surface area contributed by atoms with Crippen LogP contribution in [0, 0.1) is 0 Å². The van der Waals surface area contributed by atoms with Gasteiger partial charge in [0.15, 0.2) is 0 Å². The number of hydrogen-bond donors (Lipinski definition) is 1. The molecular formula is C8H14N2O3. The first-order valence-corrected chi connectivity index (χ1v) is 4.26. The zero-order valence-electron chi connectivity index (χ0n) is 7.71. The average Bonchev–Trinajstić information content (AvgIpc) is 2.03. The number of ether oxygens (including phenoxy) is 1. The fourth-order valence-electron chi connectivity index (χ4n) is 1.29. The summed E-state index contributed by atoms with van der Waals surface area (Å²) in [6.07, 6.45) is 0.844. The SMILES string of the molecule is COCCCN1CC(=O)NC(=O)C1. The Kier molecular flexibility index (Phi) is 3.85. The van der Waals surface area contributed by atoms with Gasteiger partial charge in [0.25, 0.3) is 0 Å². The molecule has 1 rings (SSSR count). The Hall–Kier alpha value is -0.940. The highest BCUT2D eigenvalue weighted by molar-refractivity contribution is 5.99. The van der Waals surface area contributed by atoms with Crippen molar-refractivity contribution < 1.29 is 14.3 Å². The van der Waals surface area contributed by atoms with Gasteiger partial charge in [-0.2, -0.15) is 0 Å². The van der Waals surface area contributed by atoms with Crippen LogP contribution in [0.1, 0.15) is 6.42 Å². The predicted octanol–water partition coefficient (Wildman–Crippen LogP) is -1.02. The third-order valence-electron chi connectivity index (χ3n) is 1.84. The molecule has 0 unspecified atom stereocenters. The number of nitrogens with one attached hydrogen (secondary N) is 1. The van der Waals surface area contributed by atoms with Gasteiger partial charge in [-0.15, -0.1) is 0 Å². The number of hydrogen-bond acceptors (Lipinski definition) is 4. The summed E-state index contributed by atoms with van der Waals surface area (Å²) in [5, 5.41) is 2.25. The van der Waals surface area contributed by atoms with Crippen LogP contribution in [0.3, 0.4) is 0 Å². The van der Waals surface area contributed by atoms with Crippen LogP contribution in [0.25, 0.3) is 0 Å². The van der Waals surface area contributed by atoms with Crippen LogP contribution in [0.4, 0.5) is 0 Å². The molecule has 0 atom stereocenters. The Morgan fingerprint density at radius 1 is 1.38 bits per heavy atom. The monoisotopic (exact) mass is 186 g/mol. The molecule has 1 aliphatic rings. The molecule has 2 amide bonds. The van der Waals surface area contributed by atoms with Gasteiger partial charge in [0.2, 0.25) is 11.8 Å². The van der Waals surface area contributed by atoms with Crippen LogP contribution in [-0.2, 0) is 14.3 Å². The summed E-state index contributed by atoms with van der Waals surface area (Å²) < 4.78 is 4.87. The van der Waals surface area contributed by atoms with E-state index in [4.69, 9.17) is 4.74 Å². The lowest BCUT2D eigenvalue weighted by Crippen LogP contribution is -2.51. The fourth-order valence-corrected chi connectivity index (χ4v) is 1.29. The van der Waals surface area contributed by atoms with Crippen LogP contribution < -0.4 is 5.32 Å². The maximum absolute atomic E-state index is 10.9. The minimum Gasteiger partial charge on any atom is -0.385 e. The molecule has 0 radical (unpaired) electrons. The third-order valence-corrected chi connectivity index (χ3v) is 1.84. The lowest BCUT2D eigenvalue weighted by atomic mass is 10.3. The quantitative estimate of drug-likeness (QED) is 0.451. The van der Waals surface area contributed by atoms with E-state index < -0.39 is 0 Å². The summed E-state index contributed by atoms with van der Waals surface area (Å²) in [5.74, 6) is -0.428. The van der Waals surface area contributed by atoms with E-state index in [-0.39, 0.29) is 11.8 Å². The molecule has 0 aliphatic carbocycles. The van der Waals surface area contributed by atoms with Gasteiger partial charge < -0.3 is 4.74 Å². The maximum Gasteiger partial charge on any atom is 0.240 e. The van der Waals surface area contributed by atoms with Gasteiger partial charge >= 0.3 is 0 Å². The van der Waals surface area contributed by atoms with E-state index in [1.165, 1.54) is 0 Å². The lowest BCUT2D eigenvalue weighted by molar-refractivity contribution is -0.136. The van der Waals surface area contributed by atoms with E-state index in [1.54, 1.807) is 7.11 Å². The Morgan fingerprint density at radius 3 is 2.54 bits per heavy atom. The molecule has 0 spiro atoms. The first-order valence-electron chi connectivity index (χ1n) is 4.26. The first-order chi connectivity index (χ1) is 6.22. The largest absolute Gasteiger partial charge is 0.385 e. The lowest BCUT2D eigenvalue weighted by Gasteiger charge is -2.24. The van der Waals surface area contributed by atoms with Gasteiger partial charge in [0.1, 0.15) is 0 Å². The average molecular weight is 186 g/mol. The topological polar surface area (TPSA) is 58.6 Å². The van der Waals surface area contributed by atoms with Crippen LogP contribution in [0.15, 0.2) is 0 Å². The first kappa shape index (κ1) is 10.1. The fraction of sp³-hybridized carbons (Fsp3) is 0.750.